The predicted octanol–water partition coefficient (Wildman–Crippen LogP) is 5.62. The first-order valence-corrected chi connectivity index (χ1v) is 14.1. The van der Waals surface area contributed by atoms with Crippen LogP contribution in [0.25, 0.3) is 0 Å². The van der Waals surface area contributed by atoms with Crippen LogP contribution in [-0.2, 0) is 20.6 Å². The Labute approximate surface area is 206 Å². The maximum atomic E-state index is 11.8. The van der Waals surface area contributed by atoms with Crippen LogP contribution in [0.3, 0.4) is 0 Å². The van der Waals surface area contributed by atoms with Gasteiger partial charge in [0.05, 0.1) is 12.7 Å². The molecule has 0 heterocycles. The molecule has 3 rings (SSSR count). The van der Waals surface area contributed by atoms with E-state index in [9.17, 15) is 4.79 Å². The molecule has 0 spiro atoms. The Morgan fingerprint density at radius 2 is 1.26 bits per heavy atom. The fourth-order valence-electron chi connectivity index (χ4n) is 4.79. The number of hydrogen-bond acceptors (Lipinski definition) is 3. The lowest BCUT2D eigenvalue weighted by atomic mass is 9.95. The van der Waals surface area contributed by atoms with E-state index in [2.05, 4.69) is 88.4 Å². The fourth-order valence-corrected chi connectivity index (χ4v) is 9.46. The lowest BCUT2D eigenvalue weighted by Gasteiger charge is -2.44. The molecule has 0 fully saturated rings. The van der Waals surface area contributed by atoms with E-state index >= 15 is 0 Å². The van der Waals surface area contributed by atoms with Crippen LogP contribution in [0.15, 0.2) is 91.0 Å². The Morgan fingerprint density at radius 3 is 1.71 bits per heavy atom. The number of hydrogen-bond donors (Lipinski definition) is 0. The highest BCUT2D eigenvalue weighted by Gasteiger charge is 2.50. The molecule has 3 atom stereocenters. The topological polar surface area (TPSA) is 35.5 Å². The average Bonchev–Trinajstić information content (AvgIpc) is 2.85. The molecule has 0 radical (unpaired) electrons. The monoisotopic (exact) mass is 474 g/mol. The highest BCUT2D eigenvalue weighted by atomic mass is 28.4. The second kappa shape index (κ2) is 11.7. The minimum Gasteiger partial charge on any atom is -0.407 e. The standard InChI is InChI=1S/C30H38O3Si/c1-24(21-31)29(32-23-26-15-9-6-10-16-26)25(2)22-33-34(30(3,4)5,27-17-11-7-12-18-27)28-19-13-8-14-20-28/h6-21,24-25,29H,22-23H2,1-5H3/t24-,25-,29+/m0/s1. The van der Waals surface area contributed by atoms with Crippen LogP contribution in [0.5, 0.6) is 0 Å². The molecule has 0 unspecified atom stereocenters. The molecule has 0 amide bonds. The lowest BCUT2D eigenvalue weighted by Crippen LogP contribution is -2.67. The molecule has 0 saturated carbocycles. The summed E-state index contributed by atoms with van der Waals surface area (Å²) in [5.74, 6) is -0.174. The molecule has 34 heavy (non-hydrogen) atoms. The molecule has 0 N–H and O–H groups in total. The van der Waals surface area contributed by atoms with E-state index in [-0.39, 0.29) is 23.0 Å². The molecule has 3 nitrogen and oxygen atoms in total. The summed E-state index contributed by atoms with van der Waals surface area (Å²) in [7, 11) is -2.63. The SMILES string of the molecule is C[C@@H](C=O)[C@@H](OCc1ccccc1)[C@@H](C)CO[Si](c1ccccc1)(c1ccccc1)C(C)(C)C. The van der Waals surface area contributed by atoms with Crippen molar-refractivity contribution in [1.29, 1.82) is 0 Å². The van der Waals surface area contributed by atoms with Crippen molar-refractivity contribution in [1.82, 2.24) is 0 Å². The van der Waals surface area contributed by atoms with Crippen molar-refractivity contribution in [2.24, 2.45) is 11.8 Å². The maximum absolute atomic E-state index is 11.8. The highest BCUT2D eigenvalue weighted by molar-refractivity contribution is 6.99. The summed E-state index contributed by atoms with van der Waals surface area (Å²) >= 11 is 0. The fraction of sp³-hybridized carbons (Fsp3) is 0.367. The molecule has 0 bridgehead atoms. The van der Waals surface area contributed by atoms with Crippen LogP contribution in [0.1, 0.15) is 40.2 Å². The second-order valence-electron chi connectivity index (χ2n) is 10.2. The normalized spacial score (nSPS) is 14.9. The first-order chi connectivity index (χ1) is 16.3. The number of benzene rings is 3. The van der Waals surface area contributed by atoms with Crippen LogP contribution < -0.4 is 10.4 Å². The quantitative estimate of drug-likeness (QED) is 0.267. The van der Waals surface area contributed by atoms with E-state index in [1.54, 1.807) is 0 Å². The van der Waals surface area contributed by atoms with Crippen LogP contribution in [0, 0.1) is 11.8 Å². The third kappa shape index (κ3) is 5.93. The van der Waals surface area contributed by atoms with Crippen LogP contribution in [0.4, 0.5) is 0 Å². The smallest absolute Gasteiger partial charge is 0.261 e. The number of rotatable bonds is 11. The molecule has 0 aliphatic carbocycles. The summed E-state index contributed by atoms with van der Waals surface area (Å²) in [6.45, 7) is 11.9. The van der Waals surface area contributed by atoms with Crippen LogP contribution in [0.2, 0.25) is 5.04 Å². The summed E-state index contributed by atoms with van der Waals surface area (Å²) in [4.78, 5) is 11.8. The van der Waals surface area contributed by atoms with Gasteiger partial charge in [-0.15, -0.1) is 0 Å². The average molecular weight is 475 g/mol. The lowest BCUT2D eigenvalue weighted by molar-refractivity contribution is -0.118. The largest absolute Gasteiger partial charge is 0.407 e. The van der Waals surface area contributed by atoms with Crippen molar-refractivity contribution < 1.29 is 14.0 Å². The molecule has 0 saturated heterocycles. The van der Waals surface area contributed by atoms with Crippen LogP contribution in [-0.4, -0.2) is 27.3 Å². The third-order valence-electron chi connectivity index (χ3n) is 6.56. The van der Waals surface area contributed by atoms with E-state index in [1.165, 1.54) is 10.4 Å². The van der Waals surface area contributed by atoms with Gasteiger partial charge >= 0.3 is 0 Å². The third-order valence-corrected chi connectivity index (χ3v) is 11.6. The number of ether oxygens (including phenoxy) is 1. The Hall–Kier alpha value is -2.53. The van der Waals surface area contributed by atoms with Crippen molar-refractivity contribution in [3.8, 4) is 0 Å². The summed E-state index contributed by atoms with van der Waals surface area (Å²) in [5.41, 5.74) is 1.10. The van der Waals surface area contributed by atoms with Gasteiger partial charge in [-0.25, -0.2) is 0 Å². The van der Waals surface area contributed by atoms with Gasteiger partial charge in [0.2, 0.25) is 0 Å². The Balaban J connectivity index is 1.90. The van der Waals surface area contributed by atoms with Crippen LogP contribution >= 0.6 is 0 Å². The van der Waals surface area contributed by atoms with Gasteiger partial charge in [0.25, 0.3) is 8.32 Å². The predicted molar refractivity (Wildman–Crippen MR) is 143 cm³/mol. The maximum Gasteiger partial charge on any atom is 0.261 e. The molecule has 3 aromatic rings. The number of carbonyl (C=O) groups is 1. The molecule has 0 aliphatic rings. The van der Waals surface area contributed by atoms with Crippen molar-refractivity contribution in [3.63, 3.8) is 0 Å². The summed E-state index contributed by atoms with van der Waals surface area (Å²) < 4.78 is 13.4. The molecule has 0 aromatic heterocycles. The van der Waals surface area contributed by atoms with Crippen molar-refractivity contribution in [2.75, 3.05) is 6.61 Å². The van der Waals surface area contributed by atoms with Gasteiger partial charge in [-0.1, -0.05) is 126 Å². The van der Waals surface area contributed by atoms with Gasteiger partial charge in [-0.3, -0.25) is 0 Å². The molecule has 180 valence electrons. The first kappa shape index (κ1) is 26.1. The minimum absolute atomic E-state index is 0.0468. The summed E-state index contributed by atoms with van der Waals surface area (Å²) in [6, 6.07) is 31.4. The summed E-state index contributed by atoms with van der Waals surface area (Å²) in [6.07, 6.45) is 0.769. The zero-order valence-electron chi connectivity index (χ0n) is 21.1. The van der Waals surface area contributed by atoms with Gasteiger partial charge in [0, 0.05) is 18.4 Å². The van der Waals surface area contributed by atoms with E-state index in [0.717, 1.165) is 11.8 Å². The van der Waals surface area contributed by atoms with Gasteiger partial charge in [-0.05, 0) is 21.0 Å². The second-order valence-corrected chi connectivity index (χ2v) is 14.5. The molecule has 0 aliphatic heterocycles. The van der Waals surface area contributed by atoms with E-state index in [4.69, 9.17) is 9.16 Å². The Bertz CT molecular complexity index is 960. The molecular formula is C30H38O3Si. The first-order valence-electron chi connectivity index (χ1n) is 12.2. The van der Waals surface area contributed by atoms with Gasteiger partial charge in [0.15, 0.2) is 0 Å². The van der Waals surface area contributed by atoms with Crippen molar-refractivity contribution in [2.45, 2.75) is 52.4 Å². The zero-order chi connectivity index (χ0) is 24.6. The summed E-state index contributed by atoms with van der Waals surface area (Å²) in [5, 5.41) is 2.42. The van der Waals surface area contributed by atoms with Gasteiger partial charge in [-0.2, -0.15) is 0 Å². The Morgan fingerprint density at radius 1 is 0.794 bits per heavy atom. The number of carbonyl (C=O) groups excluding carboxylic acids is 1. The molecular weight excluding hydrogens is 436 g/mol. The van der Waals surface area contributed by atoms with Crippen molar-refractivity contribution >= 4 is 25.0 Å². The van der Waals surface area contributed by atoms with Gasteiger partial charge < -0.3 is 14.0 Å². The van der Waals surface area contributed by atoms with E-state index < -0.39 is 8.32 Å². The minimum atomic E-state index is -2.63. The highest BCUT2D eigenvalue weighted by Crippen LogP contribution is 2.37. The molecule has 4 heteroatoms. The van der Waals surface area contributed by atoms with Crippen molar-refractivity contribution in [3.05, 3.63) is 96.6 Å². The Kier molecular flexibility index (Phi) is 9.01. The molecule has 3 aromatic carbocycles. The van der Waals surface area contributed by atoms with Gasteiger partial charge in [0.1, 0.15) is 6.29 Å². The number of aldehydes is 1. The van der Waals surface area contributed by atoms with E-state index in [1.807, 2.05) is 37.3 Å². The van der Waals surface area contributed by atoms with E-state index in [0.29, 0.717) is 13.2 Å². The zero-order valence-corrected chi connectivity index (χ0v) is 22.1.